The molecule has 1 aliphatic rings. The number of aryl methyl sites for hydroxylation is 2. The minimum absolute atomic E-state index is 0.0140. The van der Waals surface area contributed by atoms with E-state index in [0.717, 1.165) is 42.9 Å². The first kappa shape index (κ1) is 20.7. The Kier molecular flexibility index (Phi) is 6.05. The molecule has 0 aliphatic carbocycles. The van der Waals surface area contributed by atoms with E-state index in [1.807, 2.05) is 19.2 Å². The molecule has 152 valence electrons. The second-order valence-corrected chi connectivity index (χ2v) is 9.48. The van der Waals surface area contributed by atoms with E-state index in [1.54, 1.807) is 0 Å². The van der Waals surface area contributed by atoms with E-state index in [9.17, 15) is 4.39 Å². The molecule has 1 fully saturated rings. The second-order valence-electron chi connectivity index (χ2n) is 8.37. The van der Waals surface area contributed by atoms with E-state index < -0.39 is 0 Å². The van der Waals surface area contributed by atoms with Crippen molar-refractivity contribution in [2.75, 3.05) is 19.6 Å². The van der Waals surface area contributed by atoms with Gasteiger partial charge < -0.3 is 11.5 Å². The molecule has 5 nitrogen and oxygen atoms in total. The van der Waals surface area contributed by atoms with Crippen LogP contribution in [0.4, 0.5) is 4.39 Å². The molecule has 0 bridgehead atoms. The highest BCUT2D eigenvalue weighted by Crippen LogP contribution is 2.42. The predicted octanol–water partition coefficient (Wildman–Crippen LogP) is 3.42. The highest BCUT2D eigenvalue weighted by atomic mass is 32.1. The van der Waals surface area contributed by atoms with Gasteiger partial charge in [0.1, 0.15) is 0 Å². The lowest BCUT2D eigenvalue weighted by molar-refractivity contribution is 0.130. The molecule has 0 radical (unpaired) electrons. The van der Waals surface area contributed by atoms with Gasteiger partial charge in [-0.25, -0.2) is 0 Å². The monoisotopic (exact) mass is 403 g/mol. The summed E-state index contributed by atoms with van der Waals surface area (Å²) in [5, 5.41) is -0.130. The van der Waals surface area contributed by atoms with Gasteiger partial charge in [-0.15, -0.1) is 11.3 Å². The molecular formula is C21H30FN5S. The van der Waals surface area contributed by atoms with Crippen LogP contribution in [-0.2, 0) is 12.0 Å². The first-order valence-electron chi connectivity index (χ1n) is 9.68. The normalized spacial score (nSPS) is 20.4. The molecule has 1 atom stereocenters. The molecule has 0 spiro atoms. The summed E-state index contributed by atoms with van der Waals surface area (Å²) < 4.78 is 13.4. The van der Waals surface area contributed by atoms with Gasteiger partial charge in [-0.3, -0.25) is 14.9 Å². The van der Waals surface area contributed by atoms with Gasteiger partial charge >= 0.3 is 0 Å². The number of hydrogen-bond acceptors (Lipinski definition) is 4. The van der Waals surface area contributed by atoms with Gasteiger partial charge in [0.15, 0.2) is 11.1 Å². The molecule has 4 N–H and O–H groups in total. The number of thiophene rings is 1. The van der Waals surface area contributed by atoms with Crippen LogP contribution in [0.2, 0.25) is 0 Å². The zero-order valence-electron chi connectivity index (χ0n) is 16.9. The average Bonchev–Trinajstić information content (AvgIpc) is 3.26. The molecule has 0 saturated carbocycles. The Morgan fingerprint density at radius 2 is 2.11 bits per heavy atom. The van der Waals surface area contributed by atoms with E-state index in [2.05, 4.69) is 40.9 Å². The lowest BCUT2D eigenvalue weighted by Gasteiger charge is -2.38. The predicted molar refractivity (Wildman–Crippen MR) is 114 cm³/mol. The second kappa shape index (κ2) is 8.17. The number of nitrogens with two attached hydrogens (primary N) is 2. The van der Waals surface area contributed by atoms with E-state index in [0.29, 0.717) is 6.54 Å². The summed E-state index contributed by atoms with van der Waals surface area (Å²) in [5.41, 5.74) is 13.3. The van der Waals surface area contributed by atoms with E-state index >= 15 is 0 Å². The molecule has 2 aromatic heterocycles. The van der Waals surface area contributed by atoms with E-state index in [4.69, 9.17) is 11.5 Å². The molecule has 3 heterocycles. The van der Waals surface area contributed by atoms with Crippen molar-refractivity contribution in [1.82, 2.24) is 9.88 Å². The van der Waals surface area contributed by atoms with Crippen LogP contribution in [0.3, 0.4) is 0 Å². The fourth-order valence-electron chi connectivity index (χ4n) is 3.97. The molecule has 28 heavy (non-hydrogen) atoms. The van der Waals surface area contributed by atoms with Crippen molar-refractivity contribution in [2.24, 2.45) is 21.9 Å². The Balaban J connectivity index is 1.77. The van der Waals surface area contributed by atoms with Gasteiger partial charge in [0.25, 0.3) is 0 Å². The summed E-state index contributed by atoms with van der Waals surface area (Å²) in [7, 11) is 0. The van der Waals surface area contributed by atoms with Crippen LogP contribution >= 0.6 is 11.3 Å². The molecular weight excluding hydrogens is 373 g/mol. The molecule has 2 aromatic rings. The molecule has 0 aromatic carbocycles. The number of guanidine groups is 1. The highest BCUT2D eigenvalue weighted by molar-refractivity contribution is 7.10. The molecule has 7 heteroatoms. The van der Waals surface area contributed by atoms with Crippen LogP contribution in [0, 0.1) is 17.5 Å². The van der Waals surface area contributed by atoms with Crippen LogP contribution in [0.1, 0.15) is 42.8 Å². The van der Waals surface area contributed by atoms with Crippen LogP contribution in [-0.4, -0.2) is 35.5 Å². The number of hydrogen-bond donors (Lipinski definition) is 2. The third kappa shape index (κ3) is 4.70. The van der Waals surface area contributed by atoms with E-state index in [1.165, 1.54) is 23.0 Å². The molecule has 1 saturated heterocycles. The summed E-state index contributed by atoms with van der Waals surface area (Å²) in [5.74, 6) is 0.127. The maximum atomic E-state index is 13.4. The van der Waals surface area contributed by atoms with Gasteiger partial charge in [-0.05, 0) is 70.3 Å². The Bertz CT molecular complexity index is 826. The minimum atomic E-state index is -0.130. The van der Waals surface area contributed by atoms with Crippen molar-refractivity contribution >= 4 is 17.3 Å². The Hall–Kier alpha value is -1.99. The van der Waals surface area contributed by atoms with Crippen molar-refractivity contribution in [2.45, 2.75) is 45.6 Å². The number of aromatic nitrogens is 1. The number of likely N-dealkylation sites (tertiary alicyclic amines) is 1. The molecule has 0 unspecified atom stereocenters. The third-order valence-electron chi connectivity index (χ3n) is 5.97. The Morgan fingerprint density at radius 3 is 2.71 bits per heavy atom. The van der Waals surface area contributed by atoms with Gasteiger partial charge in [0.2, 0.25) is 0 Å². The lowest BCUT2D eigenvalue weighted by Crippen LogP contribution is -2.42. The highest BCUT2D eigenvalue weighted by Gasteiger charge is 2.43. The number of pyridine rings is 1. The average molecular weight is 404 g/mol. The molecule has 1 aliphatic heterocycles. The minimum Gasteiger partial charge on any atom is -0.370 e. The van der Waals surface area contributed by atoms with Crippen molar-refractivity contribution in [3.63, 3.8) is 0 Å². The third-order valence-corrected chi connectivity index (χ3v) is 6.91. The summed E-state index contributed by atoms with van der Waals surface area (Å²) in [6, 6.07) is 7.64. The Labute approximate surface area is 170 Å². The quantitative estimate of drug-likeness (QED) is 0.548. The lowest BCUT2D eigenvalue weighted by atomic mass is 9.81. The summed E-state index contributed by atoms with van der Waals surface area (Å²) in [6.45, 7) is 8.95. The maximum Gasteiger partial charge on any atom is 0.185 e. The molecule has 3 rings (SSSR count). The summed E-state index contributed by atoms with van der Waals surface area (Å²) >= 11 is 1.22. The number of halogens is 1. The van der Waals surface area contributed by atoms with Gasteiger partial charge in [-0.1, -0.05) is 6.07 Å². The first-order valence-corrected chi connectivity index (χ1v) is 10.5. The first-order chi connectivity index (χ1) is 13.2. The van der Waals surface area contributed by atoms with Gasteiger partial charge in [0, 0.05) is 40.8 Å². The summed E-state index contributed by atoms with van der Waals surface area (Å²) in [4.78, 5) is 12.4. The SMILES string of the molecule is Cc1ccc(C(C)(C)N2CC[C@@](CCc3ccc(F)s3)(CN=C(N)N)C2)cn1. The van der Waals surface area contributed by atoms with Crippen LogP contribution in [0.5, 0.6) is 0 Å². The van der Waals surface area contributed by atoms with Crippen molar-refractivity contribution in [3.8, 4) is 0 Å². The summed E-state index contributed by atoms with van der Waals surface area (Å²) in [6.07, 6.45) is 4.76. The number of nitrogens with zero attached hydrogens (tertiary/aromatic N) is 3. The smallest absolute Gasteiger partial charge is 0.185 e. The van der Waals surface area contributed by atoms with Gasteiger partial charge in [0.05, 0.1) is 0 Å². The van der Waals surface area contributed by atoms with Crippen molar-refractivity contribution < 1.29 is 4.39 Å². The topological polar surface area (TPSA) is 80.5 Å². The fraction of sp³-hybridized carbons (Fsp3) is 0.524. The van der Waals surface area contributed by atoms with Crippen molar-refractivity contribution in [1.29, 1.82) is 0 Å². The van der Waals surface area contributed by atoms with E-state index in [-0.39, 0.29) is 22.0 Å². The van der Waals surface area contributed by atoms with Crippen molar-refractivity contribution in [3.05, 3.63) is 51.7 Å². The van der Waals surface area contributed by atoms with Crippen LogP contribution in [0.15, 0.2) is 35.5 Å². The molecule has 0 amide bonds. The number of aliphatic imine (C=N–C) groups is 1. The fourth-order valence-corrected chi connectivity index (χ4v) is 4.70. The standard InChI is InChI=1S/C21H30FN5S/c1-15-4-5-16(12-25-15)20(2,3)27-11-10-21(14-27,13-26-19(23)24)9-8-17-6-7-18(22)28-17/h4-7,12H,8-11,13-14H2,1-3H3,(H4,23,24,26)/t21-/m0/s1. The van der Waals surface area contributed by atoms with Crippen LogP contribution in [0.25, 0.3) is 0 Å². The van der Waals surface area contributed by atoms with Crippen LogP contribution < -0.4 is 11.5 Å². The van der Waals surface area contributed by atoms with Gasteiger partial charge in [-0.2, -0.15) is 4.39 Å². The zero-order chi connectivity index (χ0) is 20.4. The maximum absolute atomic E-state index is 13.4. The zero-order valence-corrected chi connectivity index (χ0v) is 17.7. The largest absolute Gasteiger partial charge is 0.370 e. The number of rotatable bonds is 7. The Morgan fingerprint density at radius 1 is 1.32 bits per heavy atom.